The van der Waals surface area contributed by atoms with Gasteiger partial charge in [0.25, 0.3) is 0 Å². The molecular formula is C31H30N2O2. The second-order valence-electron chi connectivity index (χ2n) is 8.31. The van der Waals surface area contributed by atoms with E-state index < -0.39 is 12.1 Å². The van der Waals surface area contributed by atoms with E-state index in [1.54, 1.807) is 0 Å². The number of benzene rings is 4. The van der Waals surface area contributed by atoms with E-state index in [-0.39, 0.29) is 12.6 Å². The predicted octanol–water partition coefficient (Wildman–Crippen LogP) is 6.62. The van der Waals surface area contributed by atoms with Crippen molar-refractivity contribution in [3.63, 3.8) is 0 Å². The molecule has 0 aliphatic rings. The first-order valence-electron chi connectivity index (χ1n) is 11.9. The number of hydrogen-bond acceptors (Lipinski definition) is 4. The summed E-state index contributed by atoms with van der Waals surface area (Å²) in [6.45, 7) is 4.15. The number of esters is 1. The molecular weight excluding hydrogens is 432 g/mol. The first-order chi connectivity index (χ1) is 17.2. The van der Waals surface area contributed by atoms with E-state index >= 15 is 0 Å². The Morgan fingerprint density at radius 2 is 1.29 bits per heavy atom. The van der Waals surface area contributed by atoms with Crippen LogP contribution >= 0.6 is 0 Å². The summed E-state index contributed by atoms with van der Waals surface area (Å²) in [4.78, 5) is 18.6. The van der Waals surface area contributed by atoms with Crippen molar-refractivity contribution in [2.24, 2.45) is 4.99 Å². The first kappa shape index (κ1) is 24.0. The fourth-order valence-electron chi connectivity index (χ4n) is 3.97. The maximum atomic E-state index is 13.4. The number of hydrogen-bond donors (Lipinski definition) is 1. The molecule has 0 aliphatic carbocycles. The number of rotatable bonds is 9. The summed E-state index contributed by atoms with van der Waals surface area (Å²) >= 11 is 0. The largest absolute Gasteiger partial charge is 0.464 e. The van der Waals surface area contributed by atoms with Crippen molar-refractivity contribution in [2.75, 3.05) is 11.9 Å². The number of anilines is 1. The van der Waals surface area contributed by atoms with Gasteiger partial charge in [-0.05, 0) is 31.5 Å². The number of para-hydroxylation sites is 1. The molecule has 0 heterocycles. The van der Waals surface area contributed by atoms with Gasteiger partial charge in [-0.15, -0.1) is 0 Å². The summed E-state index contributed by atoms with van der Waals surface area (Å²) in [6, 6.07) is 36.7. The molecule has 0 aliphatic heterocycles. The molecule has 1 N–H and O–H groups in total. The Kier molecular flexibility index (Phi) is 8.08. The lowest BCUT2D eigenvalue weighted by atomic mass is 9.96. The molecule has 4 rings (SSSR count). The van der Waals surface area contributed by atoms with Gasteiger partial charge < -0.3 is 10.1 Å². The SMILES string of the molecule is CCOC(=O)C(N=C(c1ccccc1)c1ccccc1)C(Nc1ccccc1)c1ccc(C)cc1. The lowest BCUT2D eigenvalue weighted by Gasteiger charge is -2.26. The maximum Gasteiger partial charge on any atom is 0.333 e. The third kappa shape index (κ3) is 6.24. The Hall–Kier alpha value is -4.18. The van der Waals surface area contributed by atoms with Gasteiger partial charge in [0, 0.05) is 16.8 Å². The molecule has 4 heteroatoms. The Bertz CT molecular complexity index is 1200. The quantitative estimate of drug-likeness (QED) is 0.225. The number of aliphatic imine (C=N–C) groups is 1. The average Bonchev–Trinajstić information content (AvgIpc) is 2.90. The van der Waals surface area contributed by atoms with Crippen LogP contribution in [0.1, 0.15) is 35.2 Å². The highest BCUT2D eigenvalue weighted by Crippen LogP contribution is 2.28. The Morgan fingerprint density at radius 1 is 0.771 bits per heavy atom. The van der Waals surface area contributed by atoms with Gasteiger partial charge in [0.15, 0.2) is 6.04 Å². The monoisotopic (exact) mass is 462 g/mol. The Balaban J connectivity index is 1.88. The number of nitrogens with one attached hydrogen (secondary N) is 1. The molecule has 0 bridgehead atoms. The number of ether oxygens (including phenoxy) is 1. The molecule has 176 valence electrons. The lowest BCUT2D eigenvalue weighted by Crippen LogP contribution is -2.34. The van der Waals surface area contributed by atoms with E-state index in [9.17, 15) is 4.79 Å². The number of aryl methyl sites for hydroxylation is 1. The Labute approximate surface area is 207 Å². The van der Waals surface area contributed by atoms with Crippen molar-refractivity contribution < 1.29 is 9.53 Å². The van der Waals surface area contributed by atoms with Gasteiger partial charge >= 0.3 is 5.97 Å². The van der Waals surface area contributed by atoms with E-state index in [1.165, 1.54) is 0 Å². The van der Waals surface area contributed by atoms with Crippen molar-refractivity contribution in [2.45, 2.75) is 25.9 Å². The molecule has 4 aromatic rings. The van der Waals surface area contributed by atoms with Crippen LogP contribution in [-0.2, 0) is 9.53 Å². The van der Waals surface area contributed by atoms with Gasteiger partial charge in [-0.25, -0.2) is 4.79 Å². The van der Waals surface area contributed by atoms with Crippen LogP contribution in [-0.4, -0.2) is 24.3 Å². The predicted molar refractivity (Wildman–Crippen MR) is 143 cm³/mol. The zero-order valence-corrected chi connectivity index (χ0v) is 20.1. The minimum absolute atomic E-state index is 0.281. The van der Waals surface area contributed by atoms with Gasteiger partial charge in [-0.3, -0.25) is 4.99 Å². The van der Waals surface area contributed by atoms with Gasteiger partial charge in [0.05, 0.1) is 18.4 Å². The molecule has 35 heavy (non-hydrogen) atoms. The minimum Gasteiger partial charge on any atom is -0.464 e. The fraction of sp³-hybridized carbons (Fsp3) is 0.161. The zero-order chi connectivity index (χ0) is 24.5. The van der Waals surface area contributed by atoms with Crippen molar-refractivity contribution in [3.05, 3.63) is 138 Å². The van der Waals surface area contributed by atoms with E-state index in [1.807, 2.05) is 117 Å². The van der Waals surface area contributed by atoms with E-state index in [4.69, 9.17) is 9.73 Å². The van der Waals surface area contributed by atoms with Crippen molar-refractivity contribution in [1.29, 1.82) is 0 Å². The third-order valence-electron chi connectivity index (χ3n) is 5.74. The second-order valence-corrected chi connectivity index (χ2v) is 8.31. The fourth-order valence-corrected chi connectivity index (χ4v) is 3.97. The smallest absolute Gasteiger partial charge is 0.333 e. The molecule has 2 atom stereocenters. The van der Waals surface area contributed by atoms with Crippen LogP contribution in [0.2, 0.25) is 0 Å². The van der Waals surface area contributed by atoms with Gasteiger partial charge in [0.1, 0.15) is 0 Å². The van der Waals surface area contributed by atoms with Crippen LogP contribution < -0.4 is 5.32 Å². The van der Waals surface area contributed by atoms with Crippen LogP contribution in [0.5, 0.6) is 0 Å². The molecule has 0 saturated heterocycles. The average molecular weight is 463 g/mol. The van der Waals surface area contributed by atoms with Gasteiger partial charge in [-0.1, -0.05) is 109 Å². The second kappa shape index (κ2) is 11.8. The molecule has 0 aromatic heterocycles. The molecule has 0 spiro atoms. The molecule has 0 radical (unpaired) electrons. The number of carbonyl (C=O) groups is 1. The summed E-state index contributed by atoms with van der Waals surface area (Å²) in [5.74, 6) is -0.370. The lowest BCUT2D eigenvalue weighted by molar-refractivity contribution is -0.145. The zero-order valence-electron chi connectivity index (χ0n) is 20.1. The van der Waals surface area contributed by atoms with Crippen LogP contribution in [0.3, 0.4) is 0 Å². The van der Waals surface area contributed by atoms with Crippen molar-refractivity contribution in [3.8, 4) is 0 Å². The summed E-state index contributed by atoms with van der Waals surface area (Å²) in [6.07, 6.45) is 0. The van der Waals surface area contributed by atoms with Crippen LogP contribution in [0.15, 0.2) is 120 Å². The third-order valence-corrected chi connectivity index (χ3v) is 5.74. The standard InChI is InChI=1S/C31H30N2O2/c1-3-35-31(34)30(33-28(24-13-7-4-8-14-24)25-15-9-5-10-16-25)29(26-21-19-23(2)20-22-26)32-27-17-11-6-12-18-27/h4-22,29-30,32H,3H2,1-2H3. The summed E-state index contributed by atoms with van der Waals surface area (Å²) in [5.41, 5.74) is 5.64. The normalized spacial score (nSPS) is 12.3. The molecule has 4 nitrogen and oxygen atoms in total. The molecule has 0 saturated carbocycles. The van der Waals surface area contributed by atoms with Gasteiger partial charge in [-0.2, -0.15) is 0 Å². The maximum absolute atomic E-state index is 13.4. The topological polar surface area (TPSA) is 50.7 Å². The first-order valence-corrected chi connectivity index (χ1v) is 11.9. The highest BCUT2D eigenvalue weighted by atomic mass is 16.5. The highest BCUT2D eigenvalue weighted by molar-refractivity contribution is 6.13. The van der Waals surface area contributed by atoms with E-state index in [0.717, 1.165) is 33.7 Å². The summed E-state index contributed by atoms with van der Waals surface area (Å²) < 4.78 is 5.55. The number of carbonyl (C=O) groups excluding carboxylic acids is 1. The molecule has 0 fully saturated rings. The Morgan fingerprint density at radius 3 is 1.80 bits per heavy atom. The van der Waals surface area contributed by atoms with Gasteiger partial charge in [0.2, 0.25) is 0 Å². The summed E-state index contributed by atoms with van der Waals surface area (Å²) in [5, 5.41) is 3.55. The molecule has 4 aromatic carbocycles. The summed E-state index contributed by atoms with van der Waals surface area (Å²) in [7, 11) is 0. The minimum atomic E-state index is -0.812. The van der Waals surface area contributed by atoms with E-state index in [2.05, 4.69) is 17.4 Å². The van der Waals surface area contributed by atoms with Crippen molar-refractivity contribution >= 4 is 17.4 Å². The highest BCUT2D eigenvalue weighted by Gasteiger charge is 2.32. The van der Waals surface area contributed by atoms with Crippen molar-refractivity contribution in [1.82, 2.24) is 0 Å². The van der Waals surface area contributed by atoms with Crippen LogP contribution in [0, 0.1) is 6.92 Å². The number of nitrogens with zero attached hydrogens (tertiary/aromatic N) is 1. The molecule has 2 unspecified atom stereocenters. The van der Waals surface area contributed by atoms with E-state index in [0.29, 0.717) is 0 Å². The van der Waals surface area contributed by atoms with Crippen LogP contribution in [0.25, 0.3) is 0 Å². The van der Waals surface area contributed by atoms with Crippen LogP contribution in [0.4, 0.5) is 5.69 Å². The molecule has 0 amide bonds.